The van der Waals surface area contributed by atoms with Crippen molar-refractivity contribution < 1.29 is 14.3 Å². The van der Waals surface area contributed by atoms with E-state index in [-0.39, 0.29) is 0 Å². The summed E-state index contributed by atoms with van der Waals surface area (Å²) in [5.41, 5.74) is 1.05. The summed E-state index contributed by atoms with van der Waals surface area (Å²) in [6.07, 6.45) is 0. The van der Waals surface area contributed by atoms with E-state index in [4.69, 9.17) is 32.7 Å². The first-order valence-corrected chi connectivity index (χ1v) is 7.03. The van der Waals surface area contributed by atoms with E-state index in [0.29, 0.717) is 32.9 Å². The molecule has 0 aromatic heterocycles. The van der Waals surface area contributed by atoms with Crippen LogP contribution in [0.25, 0.3) is 0 Å². The number of amides is 2. The molecule has 0 unspecified atom stereocenters. The Labute approximate surface area is 138 Å². The zero-order valence-electron chi connectivity index (χ0n) is 11.9. The Morgan fingerprint density at radius 2 is 1.45 bits per heavy atom. The standard InChI is InChI=1S/C15H14Cl2N2O3/c1-21-13-4-3-11(8-14(13)22-2)18-15(20)19-12-6-9(16)5-10(17)7-12/h3-8H,1-2H3,(H2,18,19,20). The van der Waals surface area contributed by atoms with Crippen LogP contribution in [-0.4, -0.2) is 20.3 Å². The average molecular weight is 341 g/mol. The Morgan fingerprint density at radius 3 is 2.05 bits per heavy atom. The van der Waals surface area contributed by atoms with Crippen molar-refractivity contribution in [2.75, 3.05) is 24.9 Å². The molecule has 116 valence electrons. The minimum atomic E-state index is -0.425. The van der Waals surface area contributed by atoms with Gasteiger partial charge in [0, 0.05) is 27.5 Å². The van der Waals surface area contributed by atoms with Gasteiger partial charge in [-0.25, -0.2) is 4.79 Å². The van der Waals surface area contributed by atoms with Crippen molar-refractivity contribution in [3.63, 3.8) is 0 Å². The van der Waals surface area contributed by atoms with Gasteiger partial charge in [-0.05, 0) is 30.3 Å². The first-order valence-electron chi connectivity index (χ1n) is 6.28. The van der Waals surface area contributed by atoms with Crippen LogP contribution < -0.4 is 20.1 Å². The molecule has 2 aromatic rings. The fourth-order valence-electron chi connectivity index (χ4n) is 1.83. The van der Waals surface area contributed by atoms with Crippen molar-refractivity contribution in [1.29, 1.82) is 0 Å². The molecule has 0 aliphatic carbocycles. The van der Waals surface area contributed by atoms with Gasteiger partial charge in [0.1, 0.15) is 0 Å². The highest BCUT2D eigenvalue weighted by Crippen LogP contribution is 2.30. The summed E-state index contributed by atoms with van der Waals surface area (Å²) in [4.78, 5) is 12.0. The van der Waals surface area contributed by atoms with Crippen molar-refractivity contribution in [2.24, 2.45) is 0 Å². The number of benzene rings is 2. The molecule has 0 aliphatic heterocycles. The molecule has 0 aliphatic rings. The van der Waals surface area contributed by atoms with E-state index >= 15 is 0 Å². The second kappa shape index (κ2) is 7.24. The number of halogens is 2. The van der Waals surface area contributed by atoms with Gasteiger partial charge in [-0.1, -0.05) is 23.2 Å². The number of hydrogen-bond acceptors (Lipinski definition) is 3. The zero-order chi connectivity index (χ0) is 16.1. The van der Waals surface area contributed by atoms with Gasteiger partial charge in [-0.2, -0.15) is 0 Å². The highest BCUT2D eigenvalue weighted by Gasteiger charge is 2.08. The van der Waals surface area contributed by atoms with E-state index in [9.17, 15) is 4.79 Å². The number of anilines is 2. The van der Waals surface area contributed by atoms with Crippen molar-refractivity contribution in [3.05, 3.63) is 46.4 Å². The van der Waals surface area contributed by atoms with Gasteiger partial charge in [0.25, 0.3) is 0 Å². The van der Waals surface area contributed by atoms with Crippen LogP contribution >= 0.6 is 23.2 Å². The van der Waals surface area contributed by atoms with Crippen LogP contribution in [0.4, 0.5) is 16.2 Å². The maximum atomic E-state index is 12.0. The van der Waals surface area contributed by atoms with E-state index in [1.807, 2.05) is 0 Å². The number of methoxy groups -OCH3 is 2. The molecule has 0 atom stereocenters. The Kier molecular flexibility index (Phi) is 5.35. The molecular formula is C15H14Cl2N2O3. The monoisotopic (exact) mass is 340 g/mol. The van der Waals surface area contributed by atoms with Crippen molar-refractivity contribution in [2.45, 2.75) is 0 Å². The van der Waals surface area contributed by atoms with Crippen LogP contribution in [0.3, 0.4) is 0 Å². The van der Waals surface area contributed by atoms with Crippen LogP contribution in [0, 0.1) is 0 Å². The van der Waals surface area contributed by atoms with Gasteiger partial charge < -0.3 is 20.1 Å². The molecular weight excluding hydrogens is 327 g/mol. The summed E-state index contributed by atoms with van der Waals surface area (Å²) in [6.45, 7) is 0. The van der Waals surface area contributed by atoms with Gasteiger partial charge in [0.05, 0.1) is 14.2 Å². The first kappa shape index (κ1) is 16.3. The number of rotatable bonds is 4. The number of carbonyl (C=O) groups is 1. The first-order chi connectivity index (χ1) is 10.5. The lowest BCUT2D eigenvalue weighted by Crippen LogP contribution is -2.19. The second-order valence-electron chi connectivity index (χ2n) is 4.31. The number of carbonyl (C=O) groups excluding carboxylic acids is 1. The van der Waals surface area contributed by atoms with E-state index in [2.05, 4.69) is 10.6 Å². The predicted octanol–water partition coefficient (Wildman–Crippen LogP) is 4.65. The minimum absolute atomic E-state index is 0.425. The molecule has 2 rings (SSSR count). The molecule has 2 aromatic carbocycles. The summed E-state index contributed by atoms with van der Waals surface area (Å²) in [5.74, 6) is 1.10. The molecule has 0 spiro atoms. The summed E-state index contributed by atoms with van der Waals surface area (Å²) in [6, 6.07) is 9.41. The van der Waals surface area contributed by atoms with Crippen LogP contribution in [0.1, 0.15) is 0 Å². The Hall–Kier alpha value is -2.11. The van der Waals surface area contributed by atoms with Gasteiger partial charge in [0.15, 0.2) is 11.5 Å². The second-order valence-corrected chi connectivity index (χ2v) is 5.18. The van der Waals surface area contributed by atoms with E-state index in [0.717, 1.165) is 0 Å². The summed E-state index contributed by atoms with van der Waals surface area (Å²) in [5, 5.41) is 6.21. The molecule has 0 saturated carbocycles. The minimum Gasteiger partial charge on any atom is -0.493 e. The molecule has 0 radical (unpaired) electrons. The molecule has 22 heavy (non-hydrogen) atoms. The third-order valence-electron chi connectivity index (χ3n) is 2.76. The molecule has 0 bridgehead atoms. The van der Waals surface area contributed by atoms with E-state index < -0.39 is 6.03 Å². The average Bonchev–Trinajstić information content (AvgIpc) is 2.45. The number of ether oxygens (including phenoxy) is 2. The van der Waals surface area contributed by atoms with Crippen LogP contribution in [0.15, 0.2) is 36.4 Å². The van der Waals surface area contributed by atoms with Gasteiger partial charge in [-0.15, -0.1) is 0 Å². The molecule has 0 heterocycles. The van der Waals surface area contributed by atoms with Crippen molar-refractivity contribution in [1.82, 2.24) is 0 Å². The third-order valence-corrected chi connectivity index (χ3v) is 3.20. The molecule has 2 amide bonds. The van der Waals surface area contributed by atoms with Gasteiger partial charge in [0.2, 0.25) is 0 Å². The normalized spacial score (nSPS) is 10.0. The summed E-state index contributed by atoms with van der Waals surface area (Å²) in [7, 11) is 3.07. The van der Waals surface area contributed by atoms with Gasteiger partial charge >= 0.3 is 6.03 Å². The predicted molar refractivity (Wildman–Crippen MR) is 88.6 cm³/mol. The molecule has 2 N–H and O–H groups in total. The SMILES string of the molecule is COc1ccc(NC(=O)Nc2cc(Cl)cc(Cl)c2)cc1OC. The van der Waals surface area contributed by atoms with Crippen LogP contribution in [0.5, 0.6) is 11.5 Å². The Morgan fingerprint density at radius 1 is 0.864 bits per heavy atom. The Bertz CT molecular complexity index is 672. The van der Waals surface area contributed by atoms with Crippen molar-refractivity contribution >= 4 is 40.6 Å². The van der Waals surface area contributed by atoms with Crippen LogP contribution in [-0.2, 0) is 0 Å². The topological polar surface area (TPSA) is 59.6 Å². The van der Waals surface area contributed by atoms with Crippen LogP contribution in [0.2, 0.25) is 10.0 Å². The number of urea groups is 1. The highest BCUT2D eigenvalue weighted by molar-refractivity contribution is 6.35. The summed E-state index contributed by atoms with van der Waals surface area (Å²) < 4.78 is 10.3. The third kappa shape index (κ3) is 4.19. The lowest BCUT2D eigenvalue weighted by Gasteiger charge is -2.11. The maximum Gasteiger partial charge on any atom is 0.323 e. The quantitative estimate of drug-likeness (QED) is 0.851. The highest BCUT2D eigenvalue weighted by atomic mass is 35.5. The molecule has 7 heteroatoms. The zero-order valence-corrected chi connectivity index (χ0v) is 13.5. The maximum absolute atomic E-state index is 12.0. The molecule has 0 fully saturated rings. The number of hydrogen-bond donors (Lipinski definition) is 2. The van der Waals surface area contributed by atoms with E-state index in [1.165, 1.54) is 7.11 Å². The fraction of sp³-hybridized carbons (Fsp3) is 0.133. The largest absolute Gasteiger partial charge is 0.493 e. The van der Waals surface area contributed by atoms with Crippen molar-refractivity contribution in [3.8, 4) is 11.5 Å². The lowest BCUT2D eigenvalue weighted by atomic mass is 10.2. The fourth-order valence-corrected chi connectivity index (χ4v) is 2.36. The molecule has 5 nitrogen and oxygen atoms in total. The van der Waals surface area contributed by atoms with Gasteiger partial charge in [-0.3, -0.25) is 0 Å². The summed E-state index contributed by atoms with van der Waals surface area (Å²) >= 11 is 11.8. The Balaban J connectivity index is 2.08. The lowest BCUT2D eigenvalue weighted by molar-refractivity contribution is 0.262. The van der Waals surface area contributed by atoms with E-state index in [1.54, 1.807) is 43.5 Å². The smallest absolute Gasteiger partial charge is 0.323 e. The molecule has 0 saturated heterocycles. The number of nitrogens with one attached hydrogen (secondary N) is 2.